The molecular weight excluding hydrogens is 586 g/mol. The number of amides is 1. The van der Waals surface area contributed by atoms with Gasteiger partial charge in [-0.25, -0.2) is 10.8 Å². The molecule has 1 amide bonds. The van der Waals surface area contributed by atoms with E-state index in [-0.39, 0.29) is 24.4 Å². The number of aliphatic hydroxyl groups is 1. The SMILES string of the molecule is C=CC(=O)Nc1cc(N=C(N)/C=C(\NN)N[C@H](CCO)c2cccc(C#N)c2)c(OC)cc1N1CCC(N2CCOC[C@H]2C)CC1. The molecule has 8 N–H and O–H groups in total. The highest BCUT2D eigenvalue weighted by atomic mass is 16.5. The summed E-state index contributed by atoms with van der Waals surface area (Å²) in [7, 11) is 1.56. The maximum atomic E-state index is 12.5. The van der Waals surface area contributed by atoms with Crippen molar-refractivity contribution >= 4 is 28.8 Å². The van der Waals surface area contributed by atoms with Crippen molar-refractivity contribution in [2.24, 2.45) is 16.6 Å². The van der Waals surface area contributed by atoms with Crippen LogP contribution in [-0.4, -0.2) is 80.4 Å². The fourth-order valence-electron chi connectivity index (χ4n) is 5.98. The van der Waals surface area contributed by atoms with Crippen LogP contribution in [0.1, 0.15) is 43.4 Å². The Kier molecular flexibility index (Phi) is 12.4. The van der Waals surface area contributed by atoms with E-state index in [4.69, 9.17) is 21.1 Å². The van der Waals surface area contributed by atoms with Crippen LogP contribution >= 0.6 is 0 Å². The van der Waals surface area contributed by atoms with Crippen LogP contribution in [0.25, 0.3) is 0 Å². The first-order valence-corrected chi connectivity index (χ1v) is 15.4. The van der Waals surface area contributed by atoms with Gasteiger partial charge in [-0.1, -0.05) is 18.7 Å². The highest BCUT2D eigenvalue weighted by molar-refractivity contribution is 6.02. The number of rotatable bonds is 13. The lowest BCUT2D eigenvalue weighted by Gasteiger charge is -2.44. The molecule has 0 spiro atoms. The van der Waals surface area contributed by atoms with Gasteiger partial charge in [0.15, 0.2) is 0 Å². The van der Waals surface area contributed by atoms with Gasteiger partial charge in [-0.3, -0.25) is 9.69 Å². The number of benzene rings is 2. The molecule has 0 radical (unpaired) electrons. The Morgan fingerprint density at radius 3 is 2.74 bits per heavy atom. The largest absolute Gasteiger partial charge is 0.494 e. The molecule has 0 saturated carbocycles. The Hall–Kier alpha value is -4.61. The zero-order chi connectivity index (χ0) is 33.1. The van der Waals surface area contributed by atoms with E-state index in [1.54, 1.807) is 31.4 Å². The third-order valence-corrected chi connectivity index (χ3v) is 8.30. The van der Waals surface area contributed by atoms with Gasteiger partial charge in [0, 0.05) is 50.5 Å². The number of methoxy groups -OCH3 is 1. The molecule has 2 aliphatic rings. The van der Waals surface area contributed by atoms with Gasteiger partial charge in [0.25, 0.3) is 0 Å². The molecule has 0 unspecified atom stereocenters. The molecule has 2 aromatic carbocycles. The first kappa shape index (κ1) is 34.3. The quantitative estimate of drug-likeness (QED) is 0.0627. The van der Waals surface area contributed by atoms with Gasteiger partial charge >= 0.3 is 0 Å². The molecule has 2 saturated heterocycles. The fourth-order valence-corrected chi connectivity index (χ4v) is 5.98. The van der Waals surface area contributed by atoms with Gasteiger partial charge < -0.3 is 41.3 Å². The molecule has 2 atom stereocenters. The Morgan fingerprint density at radius 2 is 2.09 bits per heavy atom. The number of hydrogen-bond donors (Lipinski definition) is 6. The van der Waals surface area contributed by atoms with Crippen LogP contribution in [-0.2, 0) is 9.53 Å². The number of aliphatic imine (C=N–C) groups is 1. The van der Waals surface area contributed by atoms with Crippen molar-refractivity contribution in [3.8, 4) is 11.8 Å². The summed E-state index contributed by atoms with van der Waals surface area (Å²) in [6, 6.07) is 13.3. The van der Waals surface area contributed by atoms with E-state index in [2.05, 4.69) is 50.4 Å². The number of piperidine rings is 1. The minimum absolute atomic E-state index is 0.0946. The predicted molar refractivity (Wildman–Crippen MR) is 179 cm³/mol. The molecule has 13 nitrogen and oxygen atoms in total. The van der Waals surface area contributed by atoms with Crippen LogP contribution in [0.15, 0.2) is 65.9 Å². The summed E-state index contributed by atoms with van der Waals surface area (Å²) in [5.74, 6) is 6.38. The van der Waals surface area contributed by atoms with E-state index < -0.39 is 0 Å². The number of amidine groups is 1. The topological polar surface area (TPSA) is 187 Å². The second-order valence-electron chi connectivity index (χ2n) is 11.3. The lowest BCUT2D eigenvalue weighted by Crippen LogP contribution is -2.53. The third kappa shape index (κ3) is 8.76. The van der Waals surface area contributed by atoms with E-state index in [1.165, 1.54) is 12.2 Å². The molecule has 2 fully saturated rings. The Bertz CT molecular complexity index is 1460. The van der Waals surface area contributed by atoms with Gasteiger partial charge in [-0.05, 0) is 56.0 Å². The maximum Gasteiger partial charge on any atom is 0.247 e. The number of ether oxygens (including phenoxy) is 2. The first-order chi connectivity index (χ1) is 22.3. The molecule has 13 heteroatoms. The summed E-state index contributed by atoms with van der Waals surface area (Å²) in [6.45, 7) is 9.80. The van der Waals surface area contributed by atoms with Crippen molar-refractivity contribution in [1.29, 1.82) is 5.26 Å². The van der Waals surface area contributed by atoms with E-state index in [0.29, 0.717) is 47.0 Å². The van der Waals surface area contributed by atoms with Crippen LogP contribution in [0.4, 0.5) is 17.1 Å². The van der Waals surface area contributed by atoms with Crippen LogP contribution in [0, 0.1) is 11.3 Å². The van der Waals surface area contributed by atoms with Gasteiger partial charge in [0.05, 0.1) is 49.4 Å². The van der Waals surface area contributed by atoms with Gasteiger partial charge in [-0.15, -0.1) is 0 Å². The number of carbonyl (C=O) groups excluding carboxylic acids is 1. The summed E-state index contributed by atoms with van der Waals surface area (Å²) in [5.41, 5.74) is 12.0. The summed E-state index contributed by atoms with van der Waals surface area (Å²) in [4.78, 5) is 21.8. The van der Waals surface area contributed by atoms with Crippen LogP contribution < -0.4 is 37.3 Å². The number of hydrogen-bond acceptors (Lipinski definition) is 11. The summed E-state index contributed by atoms with van der Waals surface area (Å²) < 4.78 is 11.4. The van der Waals surface area contributed by atoms with Crippen molar-refractivity contribution < 1.29 is 19.4 Å². The molecule has 46 heavy (non-hydrogen) atoms. The second-order valence-corrected chi connectivity index (χ2v) is 11.3. The average Bonchev–Trinajstić information content (AvgIpc) is 3.08. The molecule has 2 aliphatic heterocycles. The normalized spacial score (nSPS) is 18.8. The molecule has 0 aliphatic carbocycles. The highest BCUT2D eigenvalue weighted by Crippen LogP contribution is 2.40. The van der Waals surface area contributed by atoms with E-state index in [1.807, 2.05) is 12.1 Å². The van der Waals surface area contributed by atoms with Crippen LogP contribution in [0.3, 0.4) is 0 Å². The lowest BCUT2D eigenvalue weighted by atomic mass is 10.00. The zero-order valence-corrected chi connectivity index (χ0v) is 26.5. The molecule has 246 valence electrons. The van der Waals surface area contributed by atoms with E-state index >= 15 is 0 Å². The Labute approximate surface area is 270 Å². The third-order valence-electron chi connectivity index (χ3n) is 8.30. The zero-order valence-electron chi connectivity index (χ0n) is 26.5. The number of nitrogens with one attached hydrogen (secondary N) is 3. The standard InChI is InChI=1S/C33H45N9O4/c1-4-33(44)39-27-17-28(30(45-3)18-29(27)41-11-8-25(9-12-41)42-13-15-46-21-22(42)2)37-31(35)19-32(40-36)38-26(10-14-43)24-7-5-6-23(16-24)20-34/h4-7,16-19,22,25-26,38,40,43H,1,8-15,21,36H2,2-3H3,(H2,35,37)(H,39,44)/b32-19-/t22-,26-/m1/s1. The molecule has 0 bridgehead atoms. The van der Waals surface area contributed by atoms with Gasteiger partial charge in [0.1, 0.15) is 23.1 Å². The molecule has 2 aromatic rings. The number of carbonyl (C=O) groups is 1. The lowest BCUT2D eigenvalue weighted by molar-refractivity contribution is -0.111. The number of nitrogens with zero attached hydrogens (tertiary/aromatic N) is 4. The van der Waals surface area contributed by atoms with Gasteiger partial charge in [-0.2, -0.15) is 5.26 Å². The monoisotopic (exact) mass is 631 g/mol. The van der Waals surface area contributed by atoms with Crippen LogP contribution in [0.2, 0.25) is 0 Å². The first-order valence-electron chi connectivity index (χ1n) is 15.4. The minimum atomic E-state index is -0.362. The van der Waals surface area contributed by atoms with E-state index in [9.17, 15) is 15.2 Å². The molecule has 0 aromatic heterocycles. The maximum absolute atomic E-state index is 12.5. The molecule has 2 heterocycles. The van der Waals surface area contributed by atoms with Gasteiger partial charge in [0.2, 0.25) is 5.91 Å². The number of hydrazine groups is 1. The highest BCUT2D eigenvalue weighted by Gasteiger charge is 2.31. The smallest absolute Gasteiger partial charge is 0.247 e. The van der Waals surface area contributed by atoms with Crippen molar-refractivity contribution in [1.82, 2.24) is 15.6 Å². The van der Waals surface area contributed by atoms with Crippen molar-refractivity contribution in [3.05, 3.63) is 72.1 Å². The number of nitrogens with two attached hydrogens (primary N) is 2. The van der Waals surface area contributed by atoms with Crippen molar-refractivity contribution in [2.75, 3.05) is 56.8 Å². The molecular formula is C33H45N9O4. The summed E-state index contributed by atoms with van der Waals surface area (Å²) in [6.07, 6.45) is 5.07. The number of morpholine rings is 1. The average molecular weight is 632 g/mol. The number of anilines is 2. The van der Waals surface area contributed by atoms with Crippen molar-refractivity contribution in [3.63, 3.8) is 0 Å². The minimum Gasteiger partial charge on any atom is -0.494 e. The Balaban J connectivity index is 1.59. The summed E-state index contributed by atoms with van der Waals surface area (Å²) in [5, 5.41) is 25.1. The number of nitriles is 1. The summed E-state index contributed by atoms with van der Waals surface area (Å²) >= 11 is 0. The van der Waals surface area contributed by atoms with Crippen LogP contribution in [0.5, 0.6) is 5.75 Å². The Morgan fingerprint density at radius 1 is 1.30 bits per heavy atom. The van der Waals surface area contributed by atoms with E-state index in [0.717, 1.165) is 56.9 Å². The predicted octanol–water partition coefficient (Wildman–Crippen LogP) is 2.39. The fraction of sp³-hybridized carbons (Fsp3) is 0.424. The second kappa shape index (κ2) is 16.6. The number of aliphatic hydroxyl groups excluding tert-OH is 1. The molecule has 4 rings (SSSR count). The van der Waals surface area contributed by atoms with Crippen molar-refractivity contribution in [2.45, 2.75) is 44.3 Å².